The van der Waals surface area contributed by atoms with Gasteiger partial charge in [0.2, 0.25) is 11.1 Å². The standard InChI is InChI=1S/C24H18N2P/c25-26-19-12-6-4-10-17(19)23-20(26)14-15-22-24(23)18-11-5-7-13-21(18)27(22)16-8-2-1-3-9-16/h1-14H,15,25H2/q+1. The first-order valence-corrected chi connectivity index (χ1v) is 10.6. The maximum atomic E-state index is 6.48. The zero-order valence-electron chi connectivity index (χ0n) is 14.8. The molecule has 1 aliphatic carbocycles. The van der Waals surface area contributed by atoms with E-state index in [1.165, 1.54) is 32.2 Å². The molecule has 0 fully saturated rings. The Labute approximate surface area is 158 Å². The Balaban J connectivity index is 1.81. The van der Waals surface area contributed by atoms with Crippen LogP contribution < -0.4 is 21.1 Å². The zero-order valence-corrected chi connectivity index (χ0v) is 15.7. The molecule has 1 aliphatic heterocycles. The van der Waals surface area contributed by atoms with Crippen LogP contribution >= 0.6 is 7.53 Å². The Morgan fingerprint density at radius 1 is 0.815 bits per heavy atom. The second kappa shape index (κ2) is 5.45. The van der Waals surface area contributed by atoms with Gasteiger partial charge in [-0.1, -0.05) is 78.9 Å². The maximum Gasteiger partial charge on any atom is 0.243 e. The monoisotopic (exact) mass is 365 g/mol. The normalized spacial score (nSPS) is 15.4. The first-order chi connectivity index (χ1) is 13.3. The van der Waals surface area contributed by atoms with E-state index < -0.39 is 7.53 Å². The van der Waals surface area contributed by atoms with Gasteiger partial charge in [-0.25, -0.2) is 5.84 Å². The summed E-state index contributed by atoms with van der Waals surface area (Å²) < 4.78 is 1.86. The molecule has 4 aromatic rings. The van der Waals surface area contributed by atoms with Crippen molar-refractivity contribution in [1.29, 1.82) is 0 Å². The summed E-state index contributed by atoms with van der Waals surface area (Å²) in [5, 5.41) is 8.19. The van der Waals surface area contributed by atoms with Gasteiger partial charge in [0.25, 0.3) is 0 Å². The molecule has 0 bridgehead atoms. The fourth-order valence-electron chi connectivity index (χ4n) is 4.58. The molecule has 0 saturated carbocycles. The minimum absolute atomic E-state index is 0.486. The summed E-state index contributed by atoms with van der Waals surface area (Å²) in [5.74, 6) is 6.48. The smallest absolute Gasteiger partial charge is 0.204 e. The molecule has 27 heavy (non-hydrogen) atoms. The van der Waals surface area contributed by atoms with Crippen LogP contribution in [0.5, 0.6) is 0 Å². The molecule has 2 heterocycles. The first-order valence-electron chi connectivity index (χ1n) is 9.24. The van der Waals surface area contributed by atoms with Gasteiger partial charge in [0.15, 0.2) is 0 Å². The highest BCUT2D eigenvalue weighted by Crippen LogP contribution is 2.56. The molecule has 1 atom stereocenters. The van der Waals surface area contributed by atoms with Gasteiger partial charge >= 0.3 is 0 Å². The molecule has 1 unspecified atom stereocenters. The average molecular weight is 365 g/mol. The van der Waals surface area contributed by atoms with Crippen LogP contribution in [0.2, 0.25) is 0 Å². The van der Waals surface area contributed by atoms with Crippen molar-refractivity contribution in [2.45, 2.75) is 6.42 Å². The molecular formula is C24H18N2P+. The fraction of sp³-hybridized carbons (Fsp3) is 0.0417. The topological polar surface area (TPSA) is 29.0 Å². The van der Waals surface area contributed by atoms with Crippen molar-refractivity contribution in [3.05, 3.63) is 112 Å². The second-order valence-corrected chi connectivity index (χ2v) is 9.27. The van der Waals surface area contributed by atoms with Gasteiger partial charge in [-0.2, -0.15) is 0 Å². The summed E-state index contributed by atoms with van der Waals surface area (Å²) in [6.45, 7) is 0. The van der Waals surface area contributed by atoms with Crippen molar-refractivity contribution in [3.63, 3.8) is 0 Å². The molecule has 1 aromatic heterocycles. The van der Waals surface area contributed by atoms with Crippen molar-refractivity contribution >= 4 is 23.6 Å². The van der Waals surface area contributed by atoms with E-state index in [1.807, 2.05) is 4.68 Å². The highest BCUT2D eigenvalue weighted by atomic mass is 31.1. The Morgan fingerprint density at radius 3 is 2.44 bits per heavy atom. The van der Waals surface area contributed by atoms with E-state index in [2.05, 4.69) is 84.9 Å². The lowest BCUT2D eigenvalue weighted by Gasteiger charge is -2.13. The SMILES string of the molecule is N[N+]1=c2ccccc2=C2C1=CCc1c2c2ccccc2p1-c1ccccc1. The van der Waals surface area contributed by atoms with Gasteiger partial charge in [0, 0.05) is 23.2 Å². The highest BCUT2D eigenvalue weighted by molar-refractivity contribution is 7.63. The summed E-state index contributed by atoms with van der Waals surface area (Å²) in [5.41, 5.74) is 3.87. The third-order valence-corrected chi connectivity index (χ3v) is 8.31. The van der Waals surface area contributed by atoms with Crippen LogP contribution in [0, 0.1) is 0 Å². The van der Waals surface area contributed by atoms with Gasteiger partial charge in [0.1, 0.15) is 0 Å². The van der Waals surface area contributed by atoms with Crippen LogP contribution in [-0.2, 0) is 6.42 Å². The van der Waals surface area contributed by atoms with E-state index in [1.54, 1.807) is 5.30 Å². The number of fused-ring (bicyclic) bond motifs is 6. The lowest BCUT2D eigenvalue weighted by atomic mass is 9.93. The van der Waals surface area contributed by atoms with Gasteiger partial charge in [-0.15, -0.1) is 0 Å². The van der Waals surface area contributed by atoms with Crippen molar-refractivity contribution in [3.8, 4) is 5.30 Å². The van der Waals surface area contributed by atoms with Crippen molar-refractivity contribution < 1.29 is 0 Å². The van der Waals surface area contributed by atoms with E-state index in [-0.39, 0.29) is 0 Å². The van der Waals surface area contributed by atoms with Crippen LogP contribution in [0.1, 0.15) is 10.9 Å². The minimum Gasteiger partial charge on any atom is -0.204 e. The lowest BCUT2D eigenvalue weighted by Crippen LogP contribution is -2.37. The van der Waals surface area contributed by atoms with Gasteiger partial charge in [-0.3, -0.25) is 0 Å². The van der Waals surface area contributed by atoms with E-state index in [0.29, 0.717) is 0 Å². The number of nitrogens with two attached hydrogens (primary N) is 1. The predicted molar refractivity (Wildman–Crippen MR) is 113 cm³/mol. The molecule has 0 spiro atoms. The van der Waals surface area contributed by atoms with Crippen LogP contribution in [0.4, 0.5) is 0 Å². The van der Waals surface area contributed by atoms with Gasteiger partial charge < -0.3 is 0 Å². The molecule has 6 rings (SSSR count). The first kappa shape index (κ1) is 15.0. The quantitative estimate of drug-likeness (QED) is 0.403. The molecule has 0 amide bonds. The predicted octanol–water partition coefficient (Wildman–Crippen LogP) is 3.83. The minimum atomic E-state index is -0.486. The van der Waals surface area contributed by atoms with Crippen molar-refractivity contribution in [2.24, 2.45) is 5.84 Å². The van der Waals surface area contributed by atoms with E-state index in [4.69, 9.17) is 5.84 Å². The van der Waals surface area contributed by atoms with Crippen LogP contribution in [0.15, 0.2) is 90.6 Å². The molecule has 0 radical (unpaired) electrons. The molecule has 3 heteroatoms. The summed E-state index contributed by atoms with van der Waals surface area (Å²) in [4.78, 5) is 0. The Morgan fingerprint density at radius 2 is 1.56 bits per heavy atom. The Bertz CT molecular complexity index is 1390. The van der Waals surface area contributed by atoms with E-state index in [0.717, 1.165) is 17.5 Å². The third-order valence-electron chi connectivity index (χ3n) is 5.67. The van der Waals surface area contributed by atoms with Crippen molar-refractivity contribution in [2.75, 3.05) is 0 Å². The van der Waals surface area contributed by atoms with Gasteiger partial charge in [-0.05, 0) is 28.1 Å². The lowest BCUT2D eigenvalue weighted by molar-refractivity contribution is 0.753. The molecule has 128 valence electrons. The molecule has 0 saturated heterocycles. The number of hydrogen-bond donors (Lipinski definition) is 1. The zero-order chi connectivity index (χ0) is 18.0. The molecule has 2 nitrogen and oxygen atoms in total. The molecule has 2 N–H and O–H groups in total. The number of hydrazine groups is 1. The summed E-state index contributed by atoms with van der Waals surface area (Å²) >= 11 is 0. The number of para-hydroxylation sites is 1. The highest BCUT2D eigenvalue weighted by Gasteiger charge is 2.35. The van der Waals surface area contributed by atoms with Crippen LogP contribution in [-0.4, -0.2) is 0 Å². The third kappa shape index (κ3) is 1.94. The Kier molecular flexibility index (Phi) is 3.03. The van der Waals surface area contributed by atoms with Crippen LogP contribution in [0.25, 0.3) is 21.4 Å². The summed E-state index contributed by atoms with van der Waals surface area (Å²) in [6.07, 6.45) is 3.28. The number of hydrogen-bond acceptors (Lipinski definition) is 1. The number of benzene rings is 3. The van der Waals surface area contributed by atoms with Crippen LogP contribution in [0.3, 0.4) is 0 Å². The molecule has 2 aliphatic rings. The van der Waals surface area contributed by atoms with Gasteiger partial charge in [0.05, 0.1) is 10.8 Å². The Hall–Kier alpha value is -3.09. The average Bonchev–Trinajstić information content (AvgIpc) is 3.22. The number of allylic oxidation sites excluding steroid dienone is 2. The molecular weight excluding hydrogens is 347 g/mol. The van der Waals surface area contributed by atoms with E-state index in [9.17, 15) is 0 Å². The number of rotatable bonds is 1. The molecule has 3 aromatic carbocycles. The van der Waals surface area contributed by atoms with E-state index >= 15 is 0 Å². The summed E-state index contributed by atoms with van der Waals surface area (Å²) in [7, 11) is -0.486. The summed E-state index contributed by atoms with van der Waals surface area (Å²) in [6, 6.07) is 28.4. The maximum absolute atomic E-state index is 6.48. The second-order valence-electron chi connectivity index (χ2n) is 7.07. The number of nitrogens with zero attached hydrogens (tertiary/aromatic N) is 1. The fourth-order valence-corrected chi connectivity index (χ4v) is 7.32. The van der Waals surface area contributed by atoms with Crippen molar-refractivity contribution in [1.82, 2.24) is 4.68 Å². The largest absolute Gasteiger partial charge is 0.243 e.